The van der Waals surface area contributed by atoms with Crippen molar-refractivity contribution in [3.8, 4) is 11.5 Å². The van der Waals surface area contributed by atoms with Crippen molar-refractivity contribution >= 4 is 40.6 Å². The minimum Gasteiger partial charge on any atom is -0.490 e. The molecule has 184 valence electrons. The first-order valence-electron chi connectivity index (χ1n) is 11.2. The number of hydrogen-bond acceptors (Lipinski definition) is 6. The van der Waals surface area contributed by atoms with E-state index in [1.807, 2.05) is 13.0 Å². The lowest BCUT2D eigenvalue weighted by molar-refractivity contribution is -0.127. The predicted octanol–water partition coefficient (Wildman–Crippen LogP) is 5.48. The van der Waals surface area contributed by atoms with Crippen molar-refractivity contribution < 1.29 is 28.2 Å². The van der Waals surface area contributed by atoms with E-state index in [-0.39, 0.29) is 23.9 Å². The minimum absolute atomic E-state index is 0.204. The number of ether oxygens (including phenoxy) is 2. The standard InChI is InChI=1S/C27H23FN2O5S/c1-2-34-23-14-19(10-13-22(23)35-17-18-8-11-20(28)12-9-18)15-24-26(32)30(27(33)36-24)16-25(31)29-21-6-4-3-5-7-21/h3-15H,2,16-17H2,1H3,(H,29,31)/b24-15-. The number of thioether (sulfide) groups is 1. The average Bonchev–Trinajstić information content (AvgIpc) is 3.12. The van der Waals surface area contributed by atoms with Gasteiger partial charge in [-0.25, -0.2) is 4.39 Å². The zero-order valence-electron chi connectivity index (χ0n) is 19.4. The van der Waals surface area contributed by atoms with Gasteiger partial charge in [0.15, 0.2) is 11.5 Å². The van der Waals surface area contributed by atoms with E-state index in [1.54, 1.807) is 60.7 Å². The highest BCUT2D eigenvalue weighted by molar-refractivity contribution is 8.18. The molecule has 36 heavy (non-hydrogen) atoms. The molecule has 1 N–H and O–H groups in total. The Bertz CT molecular complexity index is 1300. The van der Waals surface area contributed by atoms with Crippen LogP contribution in [0.4, 0.5) is 14.9 Å². The lowest BCUT2D eigenvalue weighted by atomic mass is 10.1. The van der Waals surface area contributed by atoms with Crippen molar-refractivity contribution in [2.45, 2.75) is 13.5 Å². The molecule has 3 amide bonds. The quantitative estimate of drug-likeness (QED) is 0.387. The van der Waals surface area contributed by atoms with Crippen molar-refractivity contribution in [3.05, 3.63) is 94.6 Å². The normalized spacial score (nSPS) is 14.3. The van der Waals surface area contributed by atoms with E-state index >= 15 is 0 Å². The van der Waals surface area contributed by atoms with Gasteiger partial charge in [0.05, 0.1) is 11.5 Å². The largest absolute Gasteiger partial charge is 0.490 e. The Kier molecular flexibility index (Phi) is 8.02. The van der Waals surface area contributed by atoms with E-state index in [1.165, 1.54) is 12.1 Å². The predicted molar refractivity (Wildman–Crippen MR) is 136 cm³/mol. The summed E-state index contributed by atoms with van der Waals surface area (Å²) in [5.41, 5.74) is 2.01. The third kappa shape index (κ3) is 6.31. The molecular formula is C27H23FN2O5S. The highest BCUT2D eigenvalue weighted by atomic mass is 32.2. The van der Waals surface area contributed by atoms with Gasteiger partial charge >= 0.3 is 0 Å². The van der Waals surface area contributed by atoms with Crippen LogP contribution in [0.25, 0.3) is 6.08 Å². The summed E-state index contributed by atoms with van der Waals surface area (Å²) in [6.45, 7) is 2.08. The molecule has 0 radical (unpaired) electrons. The number of para-hydroxylation sites is 1. The molecule has 3 aromatic carbocycles. The number of anilines is 1. The number of rotatable bonds is 9. The molecule has 0 unspecified atom stereocenters. The van der Waals surface area contributed by atoms with E-state index in [2.05, 4.69) is 5.32 Å². The number of carbonyl (C=O) groups is 3. The van der Waals surface area contributed by atoms with Gasteiger partial charge in [-0.1, -0.05) is 36.4 Å². The summed E-state index contributed by atoms with van der Waals surface area (Å²) in [6, 6.07) is 20.0. The first kappa shape index (κ1) is 25.0. The molecule has 1 heterocycles. The Morgan fingerprint density at radius 3 is 2.47 bits per heavy atom. The molecule has 0 atom stereocenters. The fraction of sp³-hybridized carbons (Fsp3) is 0.148. The second-order valence-corrected chi connectivity index (χ2v) is 8.73. The van der Waals surface area contributed by atoms with Crippen LogP contribution in [0, 0.1) is 5.82 Å². The number of halogens is 1. The highest BCUT2D eigenvalue weighted by Crippen LogP contribution is 2.35. The summed E-state index contributed by atoms with van der Waals surface area (Å²) in [6.07, 6.45) is 1.58. The third-order valence-corrected chi connectivity index (χ3v) is 6.01. The lowest BCUT2D eigenvalue weighted by Crippen LogP contribution is -2.36. The monoisotopic (exact) mass is 506 g/mol. The zero-order chi connectivity index (χ0) is 25.5. The molecule has 0 bridgehead atoms. The molecular weight excluding hydrogens is 483 g/mol. The Balaban J connectivity index is 1.44. The number of nitrogens with one attached hydrogen (secondary N) is 1. The molecule has 0 aliphatic carbocycles. The Labute approximate surface area is 211 Å². The number of hydrogen-bond donors (Lipinski definition) is 1. The maximum absolute atomic E-state index is 13.1. The maximum Gasteiger partial charge on any atom is 0.294 e. The van der Waals surface area contributed by atoms with Crippen LogP contribution >= 0.6 is 11.8 Å². The van der Waals surface area contributed by atoms with Crippen LogP contribution < -0.4 is 14.8 Å². The average molecular weight is 507 g/mol. The molecule has 0 spiro atoms. The van der Waals surface area contributed by atoms with Gasteiger partial charge in [-0.05, 0) is 72.3 Å². The second-order valence-electron chi connectivity index (χ2n) is 7.74. The van der Waals surface area contributed by atoms with E-state index in [9.17, 15) is 18.8 Å². The lowest BCUT2D eigenvalue weighted by Gasteiger charge is -2.13. The molecule has 4 rings (SSSR count). The molecule has 9 heteroatoms. The van der Waals surface area contributed by atoms with Crippen molar-refractivity contribution in [1.82, 2.24) is 4.90 Å². The van der Waals surface area contributed by atoms with Crippen LogP contribution in [-0.4, -0.2) is 35.1 Å². The van der Waals surface area contributed by atoms with Crippen LogP contribution in [0.5, 0.6) is 11.5 Å². The van der Waals surface area contributed by atoms with Gasteiger partial charge in [-0.2, -0.15) is 0 Å². The van der Waals surface area contributed by atoms with Gasteiger partial charge < -0.3 is 14.8 Å². The molecule has 3 aromatic rings. The summed E-state index contributed by atoms with van der Waals surface area (Å²) in [4.78, 5) is 38.7. The molecule has 0 saturated carbocycles. The third-order valence-electron chi connectivity index (χ3n) is 5.11. The highest BCUT2D eigenvalue weighted by Gasteiger charge is 2.36. The number of benzene rings is 3. The Morgan fingerprint density at radius 1 is 1.00 bits per heavy atom. The topological polar surface area (TPSA) is 84.9 Å². The van der Waals surface area contributed by atoms with Gasteiger partial charge in [0.25, 0.3) is 11.1 Å². The van der Waals surface area contributed by atoms with Crippen LogP contribution in [0.1, 0.15) is 18.1 Å². The van der Waals surface area contributed by atoms with E-state index < -0.39 is 17.1 Å². The SMILES string of the molecule is CCOc1cc(/C=C2\SC(=O)N(CC(=O)Nc3ccccc3)C2=O)ccc1OCc1ccc(F)cc1. The Hall–Kier alpha value is -4.11. The van der Waals surface area contributed by atoms with Crippen molar-refractivity contribution in [2.75, 3.05) is 18.5 Å². The van der Waals surface area contributed by atoms with E-state index in [4.69, 9.17) is 9.47 Å². The smallest absolute Gasteiger partial charge is 0.294 e. The van der Waals surface area contributed by atoms with E-state index in [0.29, 0.717) is 29.4 Å². The number of carbonyl (C=O) groups excluding carboxylic acids is 3. The molecule has 1 aliphatic heterocycles. The van der Waals surface area contributed by atoms with Gasteiger partial charge in [0.2, 0.25) is 5.91 Å². The number of nitrogens with zero attached hydrogens (tertiary/aromatic N) is 1. The van der Waals surface area contributed by atoms with Crippen LogP contribution in [0.3, 0.4) is 0 Å². The van der Waals surface area contributed by atoms with Crippen LogP contribution in [-0.2, 0) is 16.2 Å². The molecule has 1 fully saturated rings. The van der Waals surface area contributed by atoms with Gasteiger partial charge in [0.1, 0.15) is 19.0 Å². The first-order chi connectivity index (χ1) is 17.4. The molecule has 1 saturated heterocycles. The fourth-order valence-corrected chi connectivity index (χ4v) is 4.24. The van der Waals surface area contributed by atoms with Gasteiger partial charge in [0, 0.05) is 5.69 Å². The second kappa shape index (κ2) is 11.5. The maximum atomic E-state index is 13.1. The molecule has 1 aliphatic rings. The summed E-state index contributed by atoms with van der Waals surface area (Å²) >= 11 is 0.773. The minimum atomic E-state index is -0.539. The van der Waals surface area contributed by atoms with Gasteiger partial charge in [-0.15, -0.1) is 0 Å². The van der Waals surface area contributed by atoms with Crippen molar-refractivity contribution in [1.29, 1.82) is 0 Å². The summed E-state index contributed by atoms with van der Waals surface area (Å²) in [5, 5.41) is 2.15. The van der Waals surface area contributed by atoms with Crippen LogP contribution in [0.2, 0.25) is 0 Å². The zero-order valence-corrected chi connectivity index (χ0v) is 20.2. The molecule has 7 nitrogen and oxygen atoms in total. The first-order valence-corrected chi connectivity index (χ1v) is 12.0. The van der Waals surface area contributed by atoms with Gasteiger partial charge in [-0.3, -0.25) is 19.3 Å². The summed E-state index contributed by atoms with van der Waals surface area (Å²) in [5.74, 6) is -0.368. The van der Waals surface area contributed by atoms with Crippen molar-refractivity contribution in [3.63, 3.8) is 0 Å². The summed E-state index contributed by atoms with van der Waals surface area (Å²) in [7, 11) is 0. The number of imide groups is 1. The Morgan fingerprint density at radius 2 is 1.75 bits per heavy atom. The fourth-order valence-electron chi connectivity index (χ4n) is 3.40. The van der Waals surface area contributed by atoms with Crippen molar-refractivity contribution in [2.24, 2.45) is 0 Å². The van der Waals surface area contributed by atoms with Crippen LogP contribution in [0.15, 0.2) is 77.7 Å². The molecule has 0 aromatic heterocycles. The number of amides is 3. The van der Waals surface area contributed by atoms with E-state index in [0.717, 1.165) is 22.2 Å². The summed E-state index contributed by atoms with van der Waals surface area (Å²) < 4.78 is 24.7.